The first kappa shape index (κ1) is 21.7. The highest BCUT2D eigenvalue weighted by atomic mass is 35.5. The van der Waals surface area contributed by atoms with Gasteiger partial charge in [0.25, 0.3) is 5.91 Å². The van der Waals surface area contributed by atoms with E-state index in [2.05, 4.69) is 15.1 Å². The zero-order chi connectivity index (χ0) is 21.8. The molecule has 1 saturated heterocycles. The van der Waals surface area contributed by atoms with E-state index in [4.69, 9.17) is 26.1 Å². The van der Waals surface area contributed by atoms with Crippen LogP contribution in [0.15, 0.2) is 36.4 Å². The Bertz CT molecular complexity index is 1070. The van der Waals surface area contributed by atoms with Gasteiger partial charge in [-0.15, -0.1) is 0 Å². The van der Waals surface area contributed by atoms with Crippen LogP contribution >= 0.6 is 22.9 Å². The summed E-state index contributed by atoms with van der Waals surface area (Å²) >= 11 is 7.88. The minimum Gasteiger partial charge on any atom is -0.496 e. The molecule has 7 nitrogen and oxygen atoms in total. The molecule has 0 spiro atoms. The fraction of sp³-hybridized carbons (Fsp3) is 0.364. The molecule has 1 aliphatic heterocycles. The Morgan fingerprint density at radius 3 is 2.65 bits per heavy atom. The number of rotatable bonds is 7. The number of hydrogen-bond acceptors (Lipinski definition) is 7. The van der Waals surface area contributed by atoms with Gasteiger partial charge in [0.05, 0.1) is 29.5 Å². The second-order valence-electron chi connectivity index (χ2n) is 7.21. The van der Waals surface area contributed by atoms with Crippen molar-refractivity contribution in [2.24, 2.45) is 0 Å². The first-order valence-electron chi connectivity index (χ1n) is 10.1. The Morgan fingerprint density at radius 1 is 1.13 bits per heavy atom. The summed E-state index contributed by atoms with van der Waals surface area (Å²) < 4.78 is 11.8. The molecule has 9 heteroatoms. The van der Waals surface area contributed by atoms with Crippen LogP contribution in [-0.2, 0) is 0 Å². The summed E-state index contributed by atoms with van der Waals surface area (Å²) in [6.07, 6.45) is 0. The van der Waals surface area contributed by atoms with Crippen molar-refractivity contribution in [1.82, 2.24) is 15.2 Å². The number of hydrogen-bond donors (Lipinski definition) is 1. The zero-order valence-electron chi connectivity index (χ0n) is 17.6. The van der Waals surface area contributed by atoms with Crippen LogP contribution in [0.3, 0.4) is 0 Å². The molecule has 1 N–H and O–H groups in total. The number of piperazine rings is 1. The number of methoxy groups -OCH3 is 2. The van der Waals surface area contributed by atoms with Crippen molar-refractivity contribution in [3.8, 4) is 11.5 Å². The lowest BCUT2D eigenvalue weighted by atomic mass is 10.2. The van der Waals surface area contributed by atoms with Crippen LogP contribution in [0.1, 0.15) is 10.4 Å². The summed E-state index contributed by atoms with van der Waals surface area (Å²) in [4.78, 5) is 21.8. The van der Waals surface area contributed by atoms with E-state index in [1.807, 2.05) is 24.3 Å². The van der Waals surface area contributed by atoms with E-state index in [-0.39, 0.29) is 5.91 Å². The van der Waals surface area contributed by atoms with Gasteiger partial charge in [-0.1, -0.05) is 35.1 Å². The number of halogens is 1. The van der Waals surface area contributed by atoms with E-state index < -0.39 is 0 Å². The predicted octanol–water partition coefficient (Wildman–Crippen LogP) is 3.52. The van der Waals surface area contributed by atoms with E-state index in [1.54, 1.807) is 37.7 Å². The van der Waals surface area contributed by atoms with Crippen LogP contribution in [0.5, 0.6) is 11.5 Å². The van der Waals surface area contributed by atoms with Crippen LogP contribution in [0, 0.1) is 0 Å². The molecule has 1 amide bonds. The van der Waals surface area contributed by atoms with E-state index in [9.17, 15) is 4.79 Å². The minimum atomic E-state index is -0.113. The molecule has 3 aromatic rings. The third kappa shape index (κ3) is 4.71. The molecule has 2 aromatic carbocycles. The maximum absolute atomic E-state index is 12.4. The number of ether oxygens (including phenoxy) is 2. The van der Waals surface area contributed by atoms with Gasteiger partial charge >= 0.3 is 0 Å². The highest BCUT2D eigenvalue weighted by molar-refractivity contribution is 7.22. The van der Waals surface area contributed by atoms with Crippen molar-refractivity contribution >= 4 is 44.2 Å². The second-order valence-corrected chi connectivity index (χ2v) is 8.62. The first-order chi connectivity index (χ1) is 15.1. The summed E-state index contributed by atoms with van der Waals surface area (Å²) in [5.41, 5.74) is 1.37. The molecule has 0 atom stereocenters. The second kappa shape index (κ2) is 9.72. The van der Waals surface area contributed by atoms with Gasteiger partial charge in [0.2, 0.25) is 0 Å². The Balaban J connectivity index is 1.29. The molecular formula is C22H25ClN4O3S. The van der Waals surface area contributed by atoms with Gasteiger partial charge in [-0.3, -0.25) is 9.69 Å². The predicted molar refractivity (Wildman–Crippen MR) is 125 cm³/mol. The highest BCUT2D eigenvalue weighted by Gasteiger charge is 2.21. The maximum Gasteiger partial charge on any atom is 0.255 e. The summed E-state index contributed by atoms with van der Waals surface area (Å²) in [5.74, 6) is 1.10. The van der Waals surface area contributed by atoms with Crippen molar-refractivity contribution < 1.29 is 14.3 Å². The number of anilines is 1. The lowest BCUT2D eigenvalue weighted by Gasteiger charge is -2.34. The average molecular weight is 461 g/mol. The molecule has 0 radical (unpaired) electrons. The Kier molecular flexibility index (Phi) is 6.80. The normalized spacial score (nSPS) is 14.6. The number of nitrogens with one attached hydrogen (secondary N) is 1. The molecule has 164 valence electrons. The summed E-state index contributed by atoms with van der Waals surface area (Å²) in [7, 11) is 3.19. The molecule has 4 rings (SSSR count). The van der Waals surface area contributed by atoms with Crippen LogP contribution in [0.4, 0.5) is 5.13 Å². The van der Waals surface area contributed by atoms with Gasteiger partial charge in [0, 0.05) is 39.3 Å². The van der Waals surface area contributed by atoms with Crippen LogP contribution in [0.25, 0.3) is 10.2 Å². The quantitative estimate of drug-likeness (QED) is 0.582. The zero-order valence-corrected chi connectivity index (χ0v) is 19.1. The summed E-state index contributed by atoms with van der Waals surface area (Å²) in [5, 5.41) is 4.55. The minimum absolute atomic E-state index is 0.113. The largest absolute Gasteiger partial charge is 0.496 e. The van der Waals surface area contributed by atoms with Crippen molar-refractivity contribution in [2.45, 2.75) is 0 Å². The summed E-state index contributed by atoms with van der Waals surface area (Å²) in [6, 6.07) is 11.1. The number of amides is 1. The topological polar surface area (TPSA) is 66.9 Å². The number of nitrogens with zero attached hydrogens (tertiary/aromatic N) is 3. The fourth-order valence-electron chi connectivity index (χ4n) is 3.68. The van der Waals surface area contributed by atoms with Gasteiger partial charge in [0.15, 0.2) is 10.9 Å². The number of carbonyl (C=O) groups is 1. The third-order valence-corrected chi connectivity index (χ3v) is 6.75. The van der Waals surface area contributed by atoms with Crippen LogP contribution in [-0.4, -0.2) is 69.3 Å². The number of aromatic nitrogens is 1. The molecule has 31 heavy (non-hydrogen) atoms. The molecule has 2 heterocycles. The van der Waals surface area contributed by atoms with Gasteiger partial charge < -0.3 is 19.7 Å². The van der Waals surface area contributed by atoms with Crippen molar-refractivity contribution in [2.75, 3.05) is 58.4 Å². The molecular weight excluding hydrogens is 436 g/mol. The maximum atomic E-state index is 12.4. The van der Waals surface area contributed by atoms with Crippen LogP contribution < -0.4 is 19.7 Å². The Morgan fingerprint density at radius 2 is 1.90 bits per heavy atom. The average Bonchev–Trinajstić information content (AvgIpc) is 3.23. The molecule has 1 aliphatic rings. The standard InChI is InChI=1S/C22H25ClN4O3S/c1-29-17-6-4-3-5-15(17)21(28)24-9-10-26-11-13-27(14-12-26)22-25-19-18(31-22)8-7-16(23)20(19)30-2/h3-8H,9-14H2,1-2H3,(H,24,28). The number of thiazole rings is 1. The number of para-hydroxylation sites is 1. The number of benzene rings is 2. The molecule has 0 aliphatic carbocycles. The molecule has 1 fully saturated rings. The van der Waals surface area contributed by atoms with Gasteiger partial charge in [-0.05, 0) is 24.3 Å². The van der Waals surface area contributed by atoms with Gasteiger partial charge in [-0.2, -0.15) is 0 Å². The van der Waals surface area contributed by atoms with Gasteiger partial charge in [0.1, 0.15) is 11.3 Å². The van der Waals surface area contributed by atoms with Gasteiger partial charge in [-0.25, -0.2) is 4.98 Å². The Hall–Kier alpha value is -2.55. The number of carbonyl (C=O) groups excluding carboxylic acids is 1. The van der Waals surface area contributed by atoms with Crippen LogP contribution in [0.2, 0.25) is 5.02 Å². The fourth-order valence-corrected chi connectivity index (χ4v) is 4.93. The van der Waals surface area contributed by atoms with E-state index in [1.165, 1.54) is 0 Å². The summed E-state index contributed by atoms with van der Waals surface area (Å²) in [6.45, 7) is 5.00. The van der Waals surface area contributed by atoms with E-state index >= 15 is 0 Å². The Labute approximate surface area is 190 Å². The monoisotopic (exact) mass is 460 g/mol. The number of fused-ring (bicyclic) bond motifs is 1. The smallest absolute Gasteiger partial charge is 0.255 e. The third-order valence-electron chi connectivity index (χ3n) is 5.37. The molecule has 0 saturated carbocycles. The van der Waals surface area contributed by atoms with Crippen molar-refractivity contribution in [1.29, 1.82) is 0 Å². The molecule has 1 aromatic heterocycles. The molecule has 0 bridgehead atoms. The van der Waals surface area contributed by atoms with E-state index in [0.29, 0.717) is 28.6 Å². The highest BCUT2D eigenvalue weighted by Crippen LogP contribution is 2.38. The first-order valence-corrected chi connectivity index (χ1v) is 11.3. The lowest BCUT2D eigenvalue weighted by molar-refractivity contribution is 0.0944. The van der Waals surface area contributed by atoms with E-state index in [0.717, 1.165) is 48.1 Å². The lowest BCUT2D eigenvalue weighted by Crippen LogP contribution is -2.48. The van der Waals surface area contributed by atoms with Crippen molar-refractivity contribution in [3.05, 3.63) is 47.0 Å². The molecule has 0 unspecified atom stereocenters. The van der Waals surface area contributed by atoms with Crippen molar-refractivity contribution in [3.63, 3.8) is 0 Å². The SMILES string of the molecule is COc1ccccc1C(=O)NCCN1CCN(c2nc3c(OC)c(Cl)ccc3s2)CC1.